The summed E-state index contributed by atoms with van der Waals surface area (Å²) in [4.78, 5) is 19.0. The number of imidazole rings is 1. The van der Waals surface area contributed by atoms with Gasteiger partial charge in [-0.05, 0) is 28.8 Å². The van der Waals surface area contributed by atoms with Crippen molar-refractivity contribution in [1.82, 2.24) is 19.7 Å². The smallest absolute Gasteiger partial charge is 0.404 e. The third-order valence-electron chi connectivity index (χ3n) is 3.33. The Bertz CT molecular complexity index is 653. The van der Waals surface area contributed by atoms with Gasteiger partial charge in [0.25, 0.3) is 0 Å². The van der Waals surface area contributed by atoms with Crippen LogP contribution >= 0.6 is 27.5 Å². The fraction of sp³-hybridized carbons (Fsp3) is 0.364. The number of carboxylic acid groups (broad SMARTS) is 1. The van der Waals surface area contributed by atoms with Gasteiger partial charge in [-0.2, -0.15) is 0 Å². The van der Waals surface area contributed by atoms with Crippen molar-refractivity contribution in [1.29, 1.82) is 0 Å². The second-order valence-corrected chi connectivity index (χ2v) is 5.62. The fourth-order valence-corrected chi connectivity index (χ4v) is 3.30. The van der Waals surface area contributed by atoms with E-state index in [1.165, 1.54) is 0 Å². The van der Waals surface area contributed by atoms with Crippen LogP contribution in [-0.4, -0.2) is 31.6 Å². The molecule has 0 unspecified atom stereocenters. The molecule has 2 aromatic heterocycles. The van der Waals surface area contributed by atoms with Gasteiger partial charge in [-0.25, -0.2) is 14.8 Å². The zero-order valence-electron chi connectivity index (χ0n) is 9.68. The van der Waals surface area contributed by atoms with Gasteiger partial charge in [0.1, 0.15) is 15.9 Å². The molecule has 8 heteroatoms. The molecular formula is C11H10BrClN4O2. The highest BCUT2D eigenvalue weighted by molar-refractivity contribution is 9.10. The molecule has 0 radical (unpaired) electrons. The van der Waals surface area contributed by atoms with Crippen LogP contribution in [0.4, 0.5) is 4.79 Å². The first-order chi connectivity index (χ1) is 9.06. The summed E-state index contributed by atoms with van der Waals surface area (Å²) < 4.78 is 2.57. The summed E-state index contributed by atoms with van der Waals surface area (Å²) in [6.07, 6.45) is 3.95. The Balaban J connectivity index is 1.88. The van der Waals surface area contributed by atoms with Crippen molar-refractivity contribution in [3.8, 4) is 0 Å². The van der Waals surface area contributed by atoms with Gasteiger partial charge in [0.2, 0.25) is 0 Å². The predicted octanol–water partition coefficient (Wildman–Crippen LogP) is 2.66. The molecule has 1 aliphatic carbocycles. The minimum atomic E-state index is -0.982. The molecule has 2 aromatic rings. The molecule has 6 nitrogen and oxygen atoms in total. The molecule has 0 aromatic carbocycles. The SMILES string of the molecule is O=C(O)N[C@H]1C[C@H](c2nc(Br)c3c(Cl)nccn32)C1. The van der Waals surface area contributed by atoms with Crippen molar-refractivity contribution in [2.45, 2.75) is 24.8 Å². The average Bonchev–Trinajstić information content (AvgIpc) is 2.62. The largest absolute Gasteiger partial charge is 0.465 e. The van der Waals surface area contributed by atoms with Crippen LogP contribution in [0.15, 0.2) is 17.0 Å². The lowest BCUT2D eigenvalue weighted by Crippen LogP contribution is -2.43. The van der Waals surface area contributed by atoms with Crippen molar-refractivity contribution >= 4 is 39.1 Å². The lowest BCUT2D eigenvalue weighted by Gasteiger charge is -2.34. The number of halogens is 2. The molecule has 2 N–H and O–H groups in total. The fourth-order valence-electron chi connectivity index (χ4n) is 2.39. The molecular weight excluding hydrogens is 336 g/mol. The Morgan fingerprint density at radius 3 is 3.00 bits per heavy atom. The van der Waals surface area contributed by atoms with Gasteiger partial charge in [0.05, 0.1) is 0 Å². The number of fused-ring (bicyclic) bond motifs is 1. The Hall–Kier alpha value is -1.34. The molecule has 2 heterocycles. The lowest BCUT2D eigenvalue weighted by molar-refractivity contribution is 0.177. The molecule has 0 bridgehead atoms. The average molecular weight is 346 g/mol. The first kappa shape index (κ1) is 12.7. The van der Waals surface area contributed by atoms with E-state index in [1.807, 2.05) is 10.6 Å². The maximum atomic E-state index is 10.5. The zero-order valence-corrected chi connectivity index (χ0v) is 12.0. The van der Waals surface area contributed by atoms with Gasteiger partial charge in [0, 0.05) is 24.4 Å². The van der Waals surface area contributed by atoms with Gasteiger partial charge >= 0.3 is 6.09 Å². The Labute approximate surface area is 121 Å². The van der Waals surface area contributed by atoms with E-state index in [0.29, 0.717) is 9.76 Å². The summed E-state index contributed by atoms with van der Waals surface area (Å²) in [7, 11) is 0. The van der Waals surface area contributed by atoms with Crippen molar-refractivity contribution in [3.05, 3.63) is 28.0 Å². The molecule has 0 spiro atoms. The van der Waals surface area contributed by atoms with Crippen molar-refractivity contribution in [3.63, 3.8) is 0 Å². The molecule has 1 saturated carbocycles. The molecule has 0 saturated heterocycles. The second kappa shape index (κ2) is 4.64. The van der Waals surface area contributed by atoms with Gasteiger partial charge in [0.15, 0.2) is 5.15 Å². The number of amides is 1. The van der Waals surface area contributed by atoms with Gasteiger partial charge in [-0.15, -0.1) is 0 Å². The number of rotatable bonds is 2. The Morgan fingerprint density at radius 2 is 2.32 bits per heavy atom. The highest BCUT2D eigenvalue weighted by atomic mass is 79.9. The van der Waals surface area contributed by atoms with Crippen molar-refractivity contribution in [2.24, 2.45) is 0 Å². The second-order valence-electron chi connectivity index (χ2n) is 4.51. The monoisotopic (exact) mass is 344 g/mol. The number of aromatic nitrogens is 3. The Kier molecular flexibility index (Phi) is 3.10. The zero-order chi connectivity index (χ0) is 13.6. The minimum Gasteiger partial charge on any atom is -0.465 e. The van der Waals surface area contributed by atoms with E-state index in [4.69, 9.17) is 16.7 Å². The number of hydrogen-bond donors (Lipinski definition) is 2. The van der Waals surface area contributed by atoms with Crippen LogP contribution in [0, 0.1) is 0 Å². The van der Waals surface area contributed by atoms with Crippen LogP contribution in [0.3, 0.4) is 0 Å². The van der Waals surface area contributed by atoms with Crippen LogP contribution in [-0.2, 0) is 0 Å². The van der Waals surface area contributed by atoms with Crippen LogP contribution in [0.25, 0.3) is 5.52 Å². The normalized spacial score (nSPS) is 22.2. The van der Waals surface area contributed by atoms with E-state index < -0.39 is 6.09 Å². The highest BCUT2D eigenvalue weighted by Gasteiger charge is 2.34. The number of nitrogens with zero attached hydrogens (tertiary/aromatic N) is 3. The van der Waals surface area contributed by atoms with E-state index in [1.54, 1.807) is 6.20 Å². The number of nitrogens with one attached hydrogen (secondary N) is 1. The number of carbonyl (C=O) groups is 1. The maximum Gasteiger partial charge on any atom is 0.404 e. The van der Waals surface area contributed by atoms with Gasteiger partial charge < -0.3 is 10.4 Å². The highest BCUT2D eigenvalue weighted by Crippen LogP contribution is 2.38. The molecule has 1 amide bonds. The summed E-state index contributed by atoms with van der Waals surface area (Å²) in [6.45, 7) is 0. The van der Waals surface area contributed by atoms with E-state index in [2.05, 4.69) is 31.2 Å². The molecule has 3 rings (SSSR count). The first-order valence-electron chi connectivity index (χ1n) is 5.73. The van der Waals surface area contributed by atoms with E-state index >= 15 is 0 Å². The molecule has 19 heavy (non-hydrogen) atoms. The van der Waals surface area contributed by atoms with Crippen molar-refractivity contribution in [2.75, 3.05) is 0 Å². The summed E-state index contributed by atoms with van der Waals surface area (Å²) in [6, 6.07) is 0.00550. The van der Waals surface area contributed by atoms with E-state index in [9.17, 15) is 4.79 Å². The molecule has 0 aliphatic heterocycles. The minimum absolute atomic E-state index is 0.00550. The standard InChI is InChI=1S/C11H10BrClN4O2/c12-8-7-9(13)14-1-2-17(7)10(16-8)5-3-6(4-5)15-11(18)19/h1-2,5-6,15H,3-4H2,(H,18,19)/t5-,6-. The first-order valence-corrected chi connectivity index (χ1v) is 6.90. The van der Waals surface area contributed by atoms with Gasteiger partial charge in [-0.3, -0.25) is 4.40 Å². The summed E-state index contributed by atoms with van der Waals surface area (Å²) in [5, 5.41) is 11.5. The Morgan fingerprint density at radius 1 is 1.58 bits per heavy atom. The third-order valence-corrected chi connectivity index (χ3v) is 4.16. The summed E-state index contributed by atoms with van der Waals surface area (Å²) in [5.41, 5.74) is 0.744. The van der Waals surface area contributed by atoms with Crippen molar-refractivity contribution < 1.29 is 9.90 Å². The van der Waals surface area contributed by atoms with E-state index in [0.717, 1.165) is 24.2 Å². The van der Waals surface area contributed by atoms with E-state index in [-0.39, 0.29) is 12.0 Å². The van der Waals surface area contributed by atoms with Crippen LogP contribution in [0.2, 0.25) is 5.15 Å². The molecule has 100 valence electrons. The summed E-state index contributed by atoms with van der Waals surface area (Å²) >= 11 is 9.43. The summed E-state index contributed by atoms with van der Waals surface area (Å²) in [5.74, 6) is 1.11. The quantitative estimate of drug-likeness (QED) is 0.877. The molecule has 0 atom stereocenters. The topological polar surface area (TPSA) is 79.5 Å². The van der Waals surface area contributed by atoms with Crippen LogP contribution in [0.1, 0.15) is 24.6 Å². The number of hydrogen-bond acceptors (Lipinski definition) is 3. The predicted molar refractivity (Wildman–Crippen MR) is 72.6 cm³/mol. The van der Waals surface area contributed by atoms with Crippen LogP contribution in [0.5, 0.6) is 0 Å². The molecule has 1 aliphatic rings. The third kappa shape index (κ3) is 2.17. The maximum absolute atomic E-state index is 10.5. The lowest BCUT2D eigenvalue weighted by atomic mass is 9.80. The van der Waals surface area contributed by atoms with Crippen LogP contribution < -0.4 is 5.32 Å². The van der Waals surface area contributed by atoms with Gasteiger partial charge in [-0.1, -0.05) is 11.6 Å². The molecule has 1 fully saturated rings.